The number of aliphatic hydroxyl groups is 1. The maximum Gasteiger partial charge on any atom is 0.291 e. The summed E-state index contributed by atoms with van der Waals surface area (Å²) in [6.45, 7) is 4.71. The predicted octanol–water partition coefficient (Wildman–Crippen LogP) is 1.22. The quantitative estimate of drug-likeness (QED) is 0.792. The number of hydrogen-bond donors (Lipinski definition) is 1. The van der Waals surface area contributed by atoms with Crippen LogP contribution >= 0.6 is 0 Å². The molecule has 0 aliphatic heterocycles. The molecule has 0 saturated carbocycles. The number of rotatable bonds is 6. The summed E-state index contributed by atoms with van der Waals surface area (Å²) in [4.78, 5) is 17.5. The van der Waals surface area contributed by atoms with E-state index in [2.05, 4.69) is 11.9 Å². The third kappa shape index (κ3) is 3.06. The van der Waals surface area contributed by atoms with Crippen LogP contribution in [0.2, 0.25) is 0 Å². The number of unbranched alkanes of at least 4 members (excludes halogenated alkanes) is 1. The van der Waals surface area contributed by atoms with Gasteiger partial charge in [-0.1, -0.05) is 13.3 Å². The van der Waals surface area contributed by atoms with Crippen molar-refractivity contribution >= 4 is 5.91 Å². The number of hydrogen-bond acceptors (Lipinski definition) is 4. The number of aromatic nitrogens is 1. The highest BCUT2D eigenvalue weighted by atomic mass is 16.3. The van der Waals surface area contributed by atoms with E-state index < -0.39 is 0 Å². The van der Waals surface area contributed by atoms with Gasteiger partial charge in [0.2, 0.25) is 5.76 Å². The largest absolute Gasteiger partial charge is 0.438 e. The van der Waals surface area contributed by atoms with Crippen molar-refractivity contribution in [3.8, 4) is 0 Å². The lowest BCUT2D eigenvalue weighted by atomic mass is 10.2. The van der Waals surface area contributed by atoms with E-state index >= 15 is 0 Å². The fraction of sp³-hybridized carbons (Fsp3) is 0.636. The lowest BCUT2D eigenvalue weighted by Gasteiger charge is -2.20. The smallest absolute Gasteiger partial charge is 0.291 e. The van der Waals surface area contributed by atoms with Crippen LogP contribution in [0.1, 0.15) is 36.0 Å². The molecule has 0 aromatic carbocycles. The van der Waals surface area contributed by atoms with E-state index in [0.29, 0.717) is 18.8 Å². The highest BCUT2D eigenvalue weighted by Gasteiger charge is 2.20. The highest BCUT2D eigenvalue weighted by Crippen LogP contribution is 2.09. The zero-order valence-corrected chi connectivity index (χ0v) is 9.77. The number of aliphatic hydroxyl groups excluding tert-OH is 1. The maximum absolute atomic E-state index is 12.0. The number of oxazole rings is 1. The molecule has 0 saturated heterocycles. The third-order valence-electron chi connectivity index (χ3n) is 2.38. The Morgan fingerprint density at radius 3 is 2.81 bits per heavy atom. The standard InChI is InChI=1S/C11H18N2O3/c1-3-4-5-13(6-7-14)11(15)10-9(2)12-8-16-10/h8,14H,3-7H2,1-2H3. The molecule has 1 N–H and O–H groups in total. The fourth-order valence-corrected chi connectivity index (χ4v) is 1.44. The van der Waals surface area contributed by atoms with Crippen molar-refractivity contribution in [2.24, 2.45) is 0 Å². The van der Waals surface area contributed by atoms with Gasteiger partial charge in [-0.25, -0.2) is 4.98 Å². The summed E-state index contributed by atoms with van der Waals surface area (Å²) in [5, 5.41) is 8.91. The van der Waals surface area contributed by atoms with E-state index in [1.54, 1.807) is 11.8 Å². The molecule has 0 unspecified atom stereocenters. The van der Waals surface area contributed by atoms with E-state index in [4.69, 9.17) is 9.52 Å². The molecule has 0 aliphatic rings. The van der Waals surface area contributed by atoms with E-state index in [1.807, 2.05) is 0 Å². The average Bonchev–Trinajstić information content (AvgIpc) is 2.69. The minimum Gasteiger partial charge on any atom is -0.438 e. The Balaban J connectivity index is 2.70. The first-order chi connectivity index (χ1) is 7.70. The summed E-state index contributed by atoms with van der Waals surface area (Å²) >= 11 is 0. The fourth-order valence-electron chi connectivity index (χ4n) is 1.44. The van der Waals surface area contributed by atoms with E-state index in [9.17, 15) is 4.79 Å². The van der Waals surface area contributed by atoms with Crippen LogP contribution in [0.15, 0.2) is 10.8 Å². The maximum atomic E-state index is 12.0. The number of nitrogens with zero attached hydrogens (tertiary/aromatic N) is 2. The molecule has 1 amide bonds. The van der Waals surface area contributed by atoms with Crippen LogP contribution in [0.3, 0.4) is 0 Å². The highest BCUT2D eigenvalue weighted by molar-refractivity contribution is 5.92. The Morgan fingerprint density at radius 1 is 1.56 bits per heavy atom. The molecule has 0 aliphatic carbocycles. The van der Waals surface area contributed by atoms with Gasteiger partial charge in [0.1, 0.15) is 0 Å². The van der Waals surface area contributed by atoms with Gasteiger partial charge in [-0.05, 0) is 13.3 Å². The first-order valence-corrected chi connectivity index (χ1v) is 5.51. The van der Waals surface area contributed by atoms with Crippen LogP contribution in [0.5, 0.6) is 0 Å². The molecule has 1 rings (SSSR count). The molecule has 90 valence electrons. The Labute approximate surface area is 95.1 Å². The van der Waals surface area contributed by atoms with Gasteiger partial charge in [-0.3, -0.25) is 4.79 Å². The monoisotopic (exact) mass is 226 g/mol. The van der Waals surface area contributed by atoms with E-state index in [-0.39, 0.29) is 18.3 Å². The molecular weight excluding hydrogens is 208 g/mol. The molecule has 0 atom stereocenters. The van der Waals surface area contributed by atoms with Gasteiger partial charge in [0.05, 0.1) is 12.3 Å². The van der Waals surface area contributed by atoms with Gasteiger partial charge >= 0.3 is 0 Å². The van der Waals surface area contributed by atoms with Crippen LogP contribution in [-0.2, 0) is 0 Å². The summed E-state index contributed by atoms with van der Waals surface area (Å²) in [6.07, 6.45) is 3.18. The number of carbonyl (C=O) groups is 1. The molecule has 5 nitrogen and oxygen atoms in total. The lowest BCUT2D eigenvalue weighted by Crippen LogP contribution is -2.34. The molecule has 1 aromatic rings. The van der Waals surface area contributed by atoms with Gasteiger partial charge in [0, 0.05) is 13.1 Å². The van der Waals surface area contributed by atoms with E-state index in [0.717, 1.165) is 12.8 Å². The first kappa shape index (κ1) is 12.7. The van der Waals surface area contributed by atoms with Crippen molar-refractivity contribution in [2.75, 3.05) is 19.7 Å². The molecule has 0 bridgehead atoms. The van der Waals surface area contributed by atoms with Gasteiger partial charge in [-0.2, -0.15) is 0 Å². The van der Waals surface area contributed by atoms with Crippen LogP contribution < -0.4 is 0 Å². The topological polar surface area (TPSA) is 66.6 Å². The normalized spacial score (nSPS) is 10.4. The second kappa shape index (κ2) is 6.27. The summed E-state index contributed by atoms with van der Waals surface area (Å²) in [5.41, 5.74) is 0.587. The Morgan fingerprint density at radius 2 is 2.31 bits per heavy atom. The molecule has 1 heterocycles. The lowest BCUT2D eigenvalue weighted by molar-refractivity contribution is 0.0686. The Kier molecular flexibility index (Phi) is 4.98. The van der Waals surface area contributed by atoms with Gasteiger partial charge in [-0.15, -0.1) is 0 Å². The molecule has 5 heteroatoms. The molecule has 0 radical (unpaired) electrons. The minimum absolute atomic E-state index is 0.0390. The predicted molar refractivity (Wildman–Crippen MR) is 59.1 cm³/mol. The van der Waals surface area contributed by atoms with Crippen molar-refractivity contribution in [3.63, 3.8) is 0 Å². The average molecular weight is 226 g/mol. The first-order valence-electron chi connectivity index (χ1n) is 5.51. The summed E-state index contributed by atoms with van der Waals surface area (Å²) in [5.74, 6) is 0.0713. The van der Waals surface area contributed by atoms with Gasteiger partial charge in [0.25, 0.3) is 5.91 Å². The van der Waals surface area contributed by atoms with Gasteiger partial charge < -0.3 is 14.4 Å². The Hall–Kier alpha value is -1.36. The molecular formula is C11H18N2O3. The molecule has 16 heavy (non-hydrogen) atoms. The SMILES string of the molecule is CCCCN(CCO)C(=O)c1ocnc1C. The second-order valence-corrected chi connectivity index (χ2v) is 3.64. The zero-order chi connectivity index (χ0) is 12.0. The van der Waals surface area contributed by atoms with Gasteiger partial charge in [0.15, 0.2) is 6.39 Å². The van der Waals surface area contributed by atoms with Crippen LogP contribution in [0.4, 0.5) is 0 Å². The van der Waals surface area contributed by atoms with Crippen molar-refractivity contribution in [3.05, 3.63) is 17.8 Å². The van der Waals surface area contributed by atoms with Crippen molar-refractivity contribution in [1.82, 2.24) is 9.88 Å². The van der Waals surface area contributed by atoms with Crippen LogP contribution in [0, 0.1) is 6.92 Å². The molecule has 0 spiro atoms. The number of aryl methyl sites for hydroxylation is 1. The number of amides is 1. The van der Waals surface area contributed by atoms with Crippen molar-refractivity contribution in [2.45, 2.75) is 26.7 Å². The second-order valence-electron chi connectivity index (χ2n) is 3.64. The summed E-state index contributed by atoms with van der Waals surface area (Å²) in [6, 6.07) is 0. The minimum atomic E-state index is -0.197. The van der Waals surface area contributed by atoms with Crippen molar-refractivity contribution < 1.29 is 14.3 Å². The third-order valence-corrected chi connectivity index (χ3v) is 2.38. The molecule has 1 aromatic heterocycles. The van der Waals surface area contributed by atoms with Crippen LogP contribution in [0.25, 0.3) is 0 Å². The number of carbonyl (C=O) groups excluding carboxylic acids is 1. The summed E-state index contributed by atoms with van der Waals surface area (Å²) < 4.78 is 5.05. The van der Waals surface area contributed by atoms with E-state index in [1.165, 1.54) is 6.39 Å². The molecule has 0 fully saturated rings. The van der Waals surface area contributed by atoms with Crippen LogP contribution in [-0.4, -0.2) is 40.6 Å². The van der Waals surface area contributed by atoms with Crippen molar-refractivity contribution in [1.29, 1.82) is 0 Å². The zero-order valence-electron chi connectivity index (χ0n) is 9.77. The Bertz CT molecular complexity index is 336. The summed E-state index contributed by atoms with van der Waals surface area (Å²) in [7, 11) is 0.